The van der Waals surface area contributed by atoms with Crippen LogP contribution in [0.15, 0.2) is 11.4 Å². The van der Waals surface area contributed by atoms with Gasteiger partial charge in [-0.25, -0.2) is 4.39 Å². The lowest BCUT2D eigenvalue weighted by atomic mass is 10.1. The molecule has 1 heterocycles. The van der Waals surface area contributed by atoms with Gasteiger partial charge in [-0.1, -0.05) is 0 Å². The molecular formula is C7H11FO. The standard InChI is InChI=1S/C7H11FO/c1-5-3-4-9-6(2)7(5)8/h6H,3-4H2,1-2H3. The van der Waals surface area contributed by atoms with E-state index < -0.39 is 0 Å². The van der Waals surface area contributed by atoms with Crippen LogP contribution in [0.5, 0.6) is 0 Å². The van der Waals surface area contributed by atoms with Crippen LogP contribution in [-0.4, -0.2) is 12.7 Å². The first kappa shape index (κ1) is 6.75. The first-order valence-electron chi connectivity index (χ1n) is 3.18. The van der Waals surface area contributed by atoms with E-state index in [0.717, 1.165) is 12.0 Å². The van der Waals surface area contributed by atoms with Crippen molar-refractivity contribution in [3.63, 3.8) is 0 Å². The van der Waals surface area contributed by atoms with E-state index in [9.17, 15) is 4.39 Å². The van der Waals surface area contributed by atoms with Gasteiger partial charge < -0.3 is 4.74 Å². The highest BCUT2D eigenvalue weighted by atomic mass is 19.1. The molecule has 0 aromatic rings. The fourth-order valence-corrected chi connectivity index (χ4v) is 0.928. The molecule has 0 radical (unpaired) electrons. The Balaban J connectivity index is 2.72. The number of hydrogen-bond donors (Lipinski definition) is 0. The van der Waals surface area contributed by atoms with Crippen molar-refractivity contribution >= 4 is 0 Å². The zero-order chi connectivity index (χ0) is 6.85. The smallest absolute Gasteiger partial charge is 0.127 e. The monoisotopic (exact) mass is 130 g/mol. The Morgan fingerprint density at radius 2 is 2.33 bits per heavy atom. The Morgan fingerprint density at radius 1 is 1.67 bits per heavy atom. The van der Waals surface area contributed by atoms with Crippen LogP contribution in [0.2, 0.25) is 0 Å². The molecule has 0 spiro atoms. The van der Waals surface area contributed by atoms with Crippen molar-refractivity contribution in [2.45, 2.75) is 26.4 Å². The molecule has 2 heteroatoms. The van der Waals surface area contributed by atoms with E-state index in [1.54, 1.807) is 6.92 Å². The number of hydrogen-bond acceptors (Lipinski definition) is 1. The van der Waals surface area contributed by atoms with Crippen LogP contribution < -0.4 is 0 Å². The zero-order valence-electron chi connectivity index (χ0n) is 5.78. The van der Waals surface area contributed by atoms with Gasteiger partial charge in [0.25, 0.3) is 0 Å². The predicted octanol–water partition coefficient (Wildman–Crippen LogP) is 2.04. The zero-order valence-corrected chi connectivity index (χ0v) is 5.78. The molecule has 0 aromatic carbocycles. The Hall–Kier alpha value is -0.370. The van der Waals surface area contributed by atoms with Crippen molar-refractivity contribution in [3.8, 4) is 0 Å². The third-order valence-electron chi connectivity index (χ3n) is 1.61. The molecular weight excluding hydrogens is 119 g/mol. The Bertz CT molecular complexity index is 140. The maximum absolute atomic E-state index is 12.7. The molecule has 1 nitrogen and oxygen atoms in total. The van der Waals surface area contributed by atoms with Crippen LogP contribution in [0, 0.1) is 0 Å². The van der Waals surface area contributed by atoms with Gasteiger partial charge in [-0.05, 0) is 25.8 Å². The minimum absolute atomic E-state index is 0.0822. The second-order valence-electron chi connectivity index (χ2n) is 2.39. The van der Waals surface area contributed by atoms with Gasteiger partial charge in [0.15, 0.2) is 0 Å². The Kier molecular flexibility index (Phi) is 1.86. The molecule has 0 saturated carbocycles. The minimum atomic E-state index is -0.307. The normalized spacial score (nSPS) is 29.0. The summed E-state index contributed by atoms with van der Waals surface area (Å²) in [7, 11) is 0. The van der Waals surface area contributed by atoms with Crippen molar-refractivity contribution in [1.29, 1.82) is 0 Å². The van der Waals surface area contributed by atoms with Crippen LogP contribution in [0.4, 0.5) is 4.39 Å². The molecule has 1 aliphatic rings. The average Bonchev–Trinajstić information content (AvgIpc) is 1.83. The number of halogens is 1. The molecule has 0 saturated heterocycles. The molecule has 0 N–H and O–H groups in total. The largest absolute Gasteiger partial charge is 0.371 e. The van der Waals surface area contributed by atoms with Crippen LogP contribution in [-0.2, 0) is 4.74 Å². The van der Waals surface area contributed by atoms with Gasteiger partial charge in [0.05, 0.1) is 6.61 Å². The Labute approximate surface area is 54.5 Å². The van der Waals surface area contributed by atoms with Gasteiger partial charge in [-0.15, -0.1) is 0 Å². The second kappa shape index (κ2) is 2.48. The molecule has 1 unspecified atom stereocenters. The number of rotatable bonds is 0. The van der Waals surface area contributed by atoms with Gasteiger partial charge in [0.1, 0.15) is 11.9 Å². The summed E-state index contributed by atoms with van der Waals surface area (Å²) in [4.78, 5) is 0. The highest BCUT2D eigenvalue weighted by molar-refractivity contribution is 5.10. The van der Waals surface area contributed by atoms with Crippen molar-refractivity contribution in [2.75, 3.05) is 6.61 Å². The van der Waals surface area contributed by atoms with E-state index >= 15 is 0 Å². The summed E-state index contributed by atoms with van der Waals surface area (Å²) in [5.74, 6) is -0.0822. The SMILES string of the molecule is CC1=C(F)C(C)OCC1. The lowest BCUT2D eigenvalue weighted by Crippen LogP contribution is -2.16. The van der Waals surface area contributed by atoms with Gasteiger partial charge in [-0.3, -0.25) is 0 Å². The van der Waals surface area contributed by atoms with Crippen molar-refractivity contribution in [1.82, 2.24) is 0 Å². The predicted molar refractivity (Wildman–Crippen MR) is 33.8 cm³/mol. The molecule has 0 bridgehead atoms. The second-order valence-corrected chi connectivity index (χ2v) is 2.39. The average molecular weight is 130 g/mol. The molecule has 0 aromatic heterocycles. The van der Waals surface area contributed by atoms with E-state index in [-0.39, 0.29) is 11.9 Å². The maximum Gasteiger partial charge on any atom is 0.127 e. The summed E-state index contributed by atoms with van der Waals surface area (Å²) >= 11 is 0. The maximum atomic E-state index is 12.7. The highest BCUT2D eigenvalue weighted by Crippen LogP contribution is 2.21. The lowest BCUT2D eigenvalue weighted by Gasteiger charge is -2.18. The van der Waals surface area contributed by atoms with Crippen LogP contribution in [0.25, 0.3) is 0 Å². The number of ether oxygens (including phenoxy) is 1. The molecule has 0 aliphatic carbocycles. The van der Waals surface area contributed by atoms with E-state index in [1.807, 2.05) is 6.92 Å². The van der Waals surface area contributed by atoms with Gasteiger partial charge in [-0.2, -0.15) is 0 Å². The van der Waals surface area contributed by atoms with Crippen molar-refractivity contribution in [3.05, 3.63) is 11.4 Å². The summed E-state index contributed by atoms with van der Waals surface area (Å²) in [6.07, 6.45) is 0.439. The molecule has 0 amide bonds. The summed E-state index contributed by atoms with van der Waals surface area (Å²) < 4.78 is 17.8. The molecule has 1 atom stereocenters. The molecule has 1 rings (SSSR count). The first-order chi connectivity index (χ1) is 4.22. The lowest BCUT2D eigenvalue weighted by molar-refractivity contribution is 0.0622. The molecule has 9 heavy (non-hydrogen) atoms. The quantitative estimate of drug-likeness (QED) is 0.487. The van der Waals surface area contributed by atoms with Crippen molar-refractivity contribution in [2.24, 2.45) is 0 Å². The molecule has 52 valence electrons. The van der Waals surface area contributed by atoms with E-state index in [0.29, 0.717) is 6.61 Å². The third-order valence-corrected chi connectivity index (χ3v) is 1.61. The van der Waals surface area contributed by atoms with Gasteiger partial charge >= 0.3 is 0 Å². The summed E-state index contributed by atoms with van der Waals surface area (Å²) in [6, 6.07) is 0. The fourth-order valence-electron chi connectivity index (χ4n) is 0.928. The van der Waals surface area contributed by atoms with Crippen LogP contribution in [0.1, 0.15) is 20.3 Å². The third kappa shape index (κ3) is 1.30. The van der Waals surface area contributed by atoms with E-state index in [1.165, 1.54) is 0 Å². The van der Waals surface area contributed by atoms with Crippen LogP contribution >= 0.6 is 0 Å². The summed E-state index contributed by atoms with van der Waals surface area (Å²) in [6.45, 7) is 4.22. The highest BCUT2D eigenvalue weighted by Gasteiger charge is 2.16. The molecule has 0 fully saturated rings. The van der Waals surface area contributed by atoms with Gasteiger partial charge in [0.2, 0.25) is 0 Å². The van der Waals surface area contributed by atoms with Crippen molar-refractivity contribution < 1.29 is 9.13 Å². The topological polar surface area (TPSA) is 9.23 Å². The summed E-state index contributed by atoms with van der Waals surface area (Å²) in [5.41, 5.74) is 0.841. The van der Waals surface area contributed by atoms with E-state index in [4.69, 9.17) is 4.74 Å². The summed E-state index contributed by atoms with van der Waals surface area (Å²) in [5, 5.41) is 0. The molecule has 1 aliphatic heterocycles. The Morgan fingerprint density at radius 3 is 2.78 bits per heavy atom. The van der Waals surface area contributed by atoms with Crippen LogP contribution in [0.3, 0.4) is 0 Å². The fraction of sp³-hybridized carbons (Fsp3) is 0.714. The van der Waals surface area contributed by atoms with E-state index in [2.05, 4.69) is 0 Å². The minimum Gasteiger partial charge on any atom is -0.371 e. The van der Waals surface area contributed by atoms with Gasteiger partial charge in [0, 0.05) is 0 Å². The first-order valence-corrected chi connectivity index (χ1v) is 3.18.